The van der Waals surface area contributed by atoms with E-state index in [4.69, 9.17) is 22.3 Å². The zero-order valence-electron chi connectivity index (χ0n) is 4.27. The number of alkyl halides is 1. The van der Waals surface area contributed by atoms with Crippen molar-refractivity contribution >= 4 is 32.6 Å². The van der Waals surface area contributed by atoms with Crippen LogP contribution >= 0.6 is 22.3 Å². The maximum absolute atomic E-state index is 10.0. The highest BCUT2D eigenvalue weighted by molar-refractivity contribution is 8.04. The predicted octanol–water partition coefficient (Wildman–Crippen LogP) is 1.45. The van der Waals surface area contributed by atoms with Gasteiger partial charge in [-0.1, -0.05) is 0 Å². The van der Waals surface area contributed by atoms with Crippen molar-refractivity contribution in [1.82, 2.24) is 0 Å². The maximum atomic E-state index is 10.0. The molecule has 0 heterocycles. The van der Waals surface area contributed by atoms with Crippen molar-refractivity contribution in [3.05, 3.63) is 0 Å². The molecule has 0 aliphatic rings. The lowest BCUT2D eigenvalue weighted by Crippen LogP contribution is -2.08. The summed E-state index contributed by atoms with van der Waals surface area (Å²) >= 11 is 5.28. The summed E-state index contributed by atoms with van der Waals surface area (Å²) in [7, 11) is 3.23. The van der Waals surface area contributed by atoms with Gasteiger partial charge in [0.05, 0.1) is 6.10 Å². The van der Waals surface area contributed by atoms with Gasteiger partial charge in [-0.3, -0.25) is 4.18 Å². The average molecular weight is 177 g/mol. The molecule has 0 aromatic heterocycles. The van der Waals surface area contributed by atoms with Gasteiger partial charge < -0.3 is 0 Å². The molecule has 0 saturated heterocycles. The van der Waals surface area contributed by atoms with Crippen LogP contribution in [0, 0.1) is 0 Å². The summed E-state index contributed by atoms with van der Waals surface area (Å²) in [5.41, 5.74) is 0. The van der Waals surface area contributed by atoms with Gasteiger partial charge in [0.25, 0.3) is 10.3 Å². The first-order valence-corrected chi connectivity index (χ1v) is 4.41. The van der Waals surface area contributed by atoms with Gasteiger partial charge in [0, 0.05) is 16.6 Å². The lowest BCUT2D eigenvalue weighted by Gasteiger charge is -2.01. The van der Waals surface area contributed by atoms with Gasteiger partial charge in [0.1, 0.15) is 0 Å². The first kappa shape index (κ1) is 8.69. The Balaban J connectivity index is 3.24. The lowest BCUT2D eigenvalue weighted by atomic mass is 10.5. The molecule has 0 radical (unpaired) electrons. The van der Waals surface area contributed by atoms with Gasteiger partial charge in [-0.25, -0.2) is 4.21 Å². The van der Waals surface area contributed by atoms with Crippen LogP contribution < -0.4 is 0 Å². The van der Waals surface area contributed by atoms with Crippen LogP contribution in [0.3, 0.4) is 0 Å². The Morgan fingerprint density at radius 3 is 2.50 bits per heavy atom. The molecule has 2 unspecified atom stereocenters. The Bertz CT molecular complexity index is 87.4. The van der Waals surface area contributed by atoms with Crippen molar-refractivity contribution in [2.24, 2.45) is 0 Å². The fourth-order valence-electron chi connectivity index (χ4n) is 0.155. The molecule has 0 rings (SSSR count). The minimum atomic E-state index is -1.71. The highest BCUT2D eigenvalue weighted by Gasteiger charge is 2.01. The lowest BCUT2D eigenvalue weighted by molar-refractivity contribution is 0.279. The molecule has 0 aromatic carbocycles. The Hall–Kier alpha value is 0.690. The van der Waals surface area contributed by atoms with Gasteiger partial charge >= 0.3 is 0 Å². The molecule has 5 heteroatoms. The summed E-state index contributed by atoms with van der Waals surface area (Å²) in [5, 5.41) is 0. The smallest absolute Gasteiger partial charge is 0.256 e. The highest BCUT2D eigenvalue weighted by atomic mass is 35.7. The molecule has 0 spiro atoms. The maximum Gasteiger partial charge on any atom is 0.256 e. The second-order valence-electron chi connectivity index (χ2n) is 1.26. The van der Waals surface area contributed by atoms with E-state index in [0.29, 0.717) is 5.88 Å². The van der Waals surface area contributed by atoms with E-state index in [0.717, 1.165) is 0 Å². The van der Waals surface area contributed by atoms with E-state index in [2.05, 4.69) is 4.18 Å². The summed E-state index contributed by atoms with van der Waals surface area (Å²) in [6.45, 7) is 1.69. The quantitative estimate of drug-likeness (QED) is 0.481. The van der Waals surface area contributed by atoms with Crippen LogP contribution in [-0.4, -0.2) is 16.2 Å². The fraction of sp³-hybridized carbons (Fsp3) is 1.00. The second-order valence-corrected chi connectivity index (χ2v) is 2.90. The van der Waals surface area contributed by atoms with Crippen LogP contribution in [0.1, 0.15) is 6.92 Å². The summed E-state index contributed by atoms with van der Waals surface area (Å²) in [6, 6.07) is 0. The van der Waals surface area contributed by atoms with Crippen LogP contribution in [0.25, 0.3) is 0 Å². The molecule has 0 aliphatic carbocycles. The van der Waals surface area contributed by atoms with Crippen LogP contribution in [0.4, 0.5) is 0 Å². The van der Waals surface area contributed by atoms with Crippen molar-refractivity contribution in [2.45, 2.75) is 13.0 Å². The van der Waals surface area contributed by atoms with Crippen LogP contribution in [0.2, 0.25) is 0 Å². The largest absolute Gasteiger partial charge is 0.274 e. The van der Waals surface area contributed by atoms with Crippen LogP contribution in [-0.2, 0) is 14.5 Å². The normalized spacial score (nSPS) is 17.9. The summed E-state index contributed by atoms with van der Waals surface area (Å²) < 4.78 is 14.5. The van der Waals surface area contributed by atoms with E-state index in [1.807, 2.05) is 0 Å². The highest BCUT2D eigenvalue weighted by Crippen LogP contribution is 1.99. The van der Waals surface area contributed by atoms with Crippen molar-refractivity contribution < 1.29 is 8.39 Å². The van der Waals surface area contributed by atoms with Gasteiger partial charge in [-0.15, -0.1) is 11.6 Å². The molecule has 2 nitrogen and oxygen atoms in total. The molecular weight excluding hydrogens is 171 g/mol. The summed E-state index contributed by atoms with van der Waals surface area (Å²) in [5.74, 6) is 0.304. The zero-order chi connectivity index (χ0) is 6.57. The molecule has 0 fully saturated rings. The third-order valence-electron chi connectivity index (χ3n) is 0.457. The molecular formula is C3H6Cl2O2S. The van der Waals surface area contributed by atoms with Gasteiger partial charge in [-0.2, -0.15) is 0 Å². The SMILES string of the molecule is CC(CCl)OS(=O)Cl. The Labute approximate surface area is 60.3 Å². The number of rotatable bonds is 3. The molecule has 0 saturated carbocycles. The molecule has 0 aromatic rings. The van der Waals surface area contributed by atoms with E-state index in [-0.39, 0.29) is 6.10 Å². The van der Waals surface area contributed by atoms with E-state index < -0.39 is 10.3 Å². The van der Waals surface area contributed by atoms with Crippen LogP contribution in [0.15, 0.2) is 0 Å². The fourth-order valence-corrected chi connectivity index (χ4v) is 0.991. The third kappa shape index (κ3) is 4.84. The van der Waals surface area contributed by atoms with Crippen molar-refractivity contribution in [3.8, 4) is 0 Å². The Morgan fingerprint density at radius 1 is 1.88 bits per heavy atom. The molecule has 0 amide bonds. The van der Waals surface area contributed by atoms with Crippen LogP contribution in [0.5, 0.6) is 0 Å². The molecule has 0 aliphatic heterocycles. The van der Waals surface area contributed by atoms with E-state index in [9.17, 15) is 4.21 Å². The standard InChI is InChI=1S/C3H6Cl2O2S/c1-3(2-4)7-8(5)6/h3H,2H2,1H3. The molecule has 50 valence electrons. The van der Waals surface area contributed by atoms with Crippen molar-refractivity contribution in [1.29, 1.82) is 0 Å². The molecule has 2 atom stereocenters. The Morgan fingerprint density at radius 2 is 2.38 bits per heavy atom. The van der Waals surface area contributed by atoms with Crippen molar-refractivity contribution in [3.63, 3.8) is 0 Å². The van der Waals surface area contributed by atoms with E-state index in [1.165, 1.54) is 0 Å². The molecule has 0 bridgehead atoms. The minimum Gasteiger partial charge on any atom is -0.274 e. The molecule has 8 heavy (non-hydrogen) atoms. The van der Waals surface area contributed by atoms with Gasteiger partial charge in [0.2, 0.25) is 0 Å². The number of halogens is 2. The monoisotopic (exact) mass is 176 g/mol. The third-order valence-corrected chi connectivity index (χ3v) is 1.59. The van der Waals surface area contributed by atoms with E-state index >= 15 is 0 Å². The number of hydrogen-bond acceptors (Lipinski definition) is 2. The number of hydrogen-bond donors (Lipinski definition) is 0. The first-order valence-electron chi connectivity index (χ1n) is 1.98. The predicted molar refractivity (Wildman–Crippen MR) is 35.3 cm³/mol. The first-order chi connectivity index (χ1) is 3.66. The minimum absolute atomic E-state index is 0.241. The summed E-state index contributed by atoms with van der Waals surface area (Å²) in [6.07, 6.45) is -0.241. The molecule has 0 N–H and O–H groups in total. The topological polar surface area (TPSA) is 26.3 Å². The van der Waals surface area contributed by atoms with Gasteiger partial charge in [0.15, 0.2) is 0 Å². The van der Waals surface area contributed by atoms with E-state index in [1.54, 1.807) is 6.92 Å². The average Bonchev–Trinajstić information content (AvgIpc) is 1.65. The zero-order valence-corrected chi connectivity index (χ0v) is 6.59. The van der Waals surface area contributed by atoms with Gasteiger partial charge in [-0.05, 0) is 6.92 Å². The Kier molecular flexibility index (Phi) is 4.95. The second kappa shape index (κ2) is 4.56. The van der Waals surface area contributed by atoms with Crippen molar-refractivity contribution in [2.75, 3.05) is 5.88 Å². The summed E-state index contributed by atoms with van der Waals surface area (Å²) in [4.78, 5) is 0.